The third kappa shape index (κ3) is 12.2. The highest BCUT2D eigenvalue weighted by Crippen LogP contribution is 2.12. The molecule has 29 heavy (non-hydrogen) atoms. The Morgan fingerprint density at radius 1 is 0.862 bits per heavy atom. The topological polar surface area (TPSA) is 125 Å². The Morgan fingerprint density at radius 3 is 2.03 bits per heavy atom. The molecule has 1 aromatic rings. The molecule has 0 atom stereocenters. The zero-order chi connectivity index (χ0) is 21.5. The molecule has 0 aliphatic carbocycles. The lowest BCUT2D eigenvalue weighted by molar-refractivity contribution is -0.146. The van der Waals surface area contributed by atoms with Crippen LogP contribution in [-0.2, 0) is 38.1 Å². The van der Waals surface area contributed by atoms with E-state index in [0.717, 1.165) is 5.56 Å². The zero-order valence-corrected chi connectivity index (χ0v) is 17.3. The number of aryl methyl sites for hydroxylation is 1. The van der Waals surface area contributed by atoms with Crippen LogP contribution in [0, 0.1) is 6.92 Å². The lowest BCUT2D eigenvalue weighted by Gasteiger charge is -2.08. The second-order valence-electron chi connectivity index (χ2n) is 6.14. The number of carboxylic acids is 1. The number of hydrogen-bond acceptors (Lipinski definition) is 8. The highest BCUT2D eigenvalue weighted by molar-refractivity contribution is 7.86. The molecule has 10 heteroatoms. The van der Waals surface area contributed by atoms with Crippen molar-refractivity contribution in [3.05, 3.63) is 29.8 Å². The van der Waals surface area contributed by atoms with Gasteiger partial charge in [0.25, 0.3) is 10.1 Å². The minimum Gasteiger partial charge on any atom is -0.481 e. The molecular weight excluding hydrogens is 404 g/mol. The number of aliphatic carboxylic acids is 1. The number of unbranched alkanes of at least 4 members (excludes halogenated alkanes) is 1. The Bertz CT molecular complexity index is 714. The van der Waals surface area contributed by atoms with Crippen LogP contribution in [0.3, 0.4) is 0 Å². The van der Waals surface area contributed by atoms with E-state index < -0.39 is 16.1 Å². The van der Waals surface area contributed by atoms with Crippen molar-refractivity contribution in [2.24, 2.45) is 0 Å². The van der Waals surface area contributed by atoms with E-state index >= 15 is 0 Å². The molecule has 0 radical (unpaired) electrons. The molecule has 0 unspecified atom stereocenters. The van der Waals surface area contributed by atoms with E-state index in [1.54, 1.807) is 12.1 Å². The summed E-state index contributed by atoms with van der Waals surface area (Å²) in [5.74, 6) is -1.27. The fraction of sp³-hybridized carbons (Fsp3) is 0.579. The van der Waals surface area contributed by atoms with Crippen molar-refractivity contribution < 1.29 is 41.5 Å². The van der Waals surface area contributed by atoms with Crippen LogP contribution in [0.15, 0.2) is 29.2 Å². The minimum absolute atomic E-state index is 0.0410. The number of carbonyl (C=O) groups is 2. The molecule has 0 fully saturated rings. The summed E-state index contributed by atoms with van der Waals surface area (Å²) in [6.45, 7) is 2.69. The van der Waals surface area contributed by atoms with Gasteiger partial charge in [-0.25, -0.2) is 0 Å². The first-order valence-corrected chi connectivity index (χ1v) is 10.7. The number of benzene rings is 1. The van der Waals surface area contributed by atoms with Gasteiger partial charge in [0, 0.05) is 12.8 Å². The molecule has 0 aliphatic rings. The van der Waals surface area contributed by atoms with E-state index in [1.165, 1.54) is 12.1 Å². The van der Waals surface area contributed by atoms with Crippen molar-refractivity contribution in [2.45, 2.75) is 37.5 Å². The summed E-state index contributed by atoms with van der Waals surface area (Å²) in [6, 6.07) is 6.37. The SMILES string of the molecule is Cc1ccc(S(=O)(=O)OCCOCCOCCOC(=O)CCCCC(=O)O)cc1. The summed E-state index contributed by atoms with van der Waals surface area (Å²) in [5, 5.41) is 8.49. The molecule has 0 aromatic heterocycles. The monoisotopic (exact) mass is 432 g/mol. The predicted octanol–water partition coefficient (Wildman–Crippen LogP) is 1.92. The number of carbonyl (C=O) groups excluding carboxylic acids is 1. The first kappa shape index (κ1) is 25.0. The second-order valence-corrected chi connectivity index (χ2v) is 7.75. The average molecular weight is 432 g/mol. The van der Waals surface area contributed by atoms with Gasteiger partial charge in [-0.1, -0.05) is 17.7 Å². The van der Waals surface area contributed by atoms with Gasteiger partial charge in [0.15, 0.2) is 0 Å². The highest BCUT2D eigenvalue weighted by atomic mass is 32.2. The summed E-state index contributed by atoms with van der Waals surface area (Å²) >= 11 is 0. The van der Waals surface area contributed by atoms with Crippen LogP contribution in [0.1, 0.15) is 31.2 Å². The van der Waals surface area contributed by atoms with Crippen molar-refractivity contribution in [3.8, 4) is 0 Å². The van der Waals surface area contributed by atoms with Crippen LogP contribution in [0.25, 0.3) is 0 Å². The average Bonchev–Trinajstić information content (AvgIpc) is 2.67. The molecule has 1 N–H and O–H groups in total. The molecule has 9 nitrogen and oxygen atoms in total. The van der Waals surface area contributed by atoms with Crippen molar-refractivity contribution in [1.29, 1.82) is 0 Å². The second kappa shape index (κ2) is 14.0. The Balaban J connectivity index is 1.96. The van der Waals surface area contributed by atoms with Gasteiger partial charge in [-0.3, -0.25) is 13.8 Å². The van der Waals surface area contributed by atoms with Gasteiger partial charge >= 0.3 is 11.9 Å². The Morgan fingerprint density at radius 2 is 1.41 bits per heavy atom. The number of hydrogen-bond donors (Lipinski definition) is 1. The summed E-state index contributed by atoms with van der Waals surface area (Å²) in [4.78, 5) is 21.8. The lowest BCUT2D eigenvalue weighted by atomic mass is 10.2. The number of ether oxygens (including phenoxy) is 3. The molecule has 0 aliphatic heterocycles. The van der Waals surface area contributed by atoms with Crippen LogP contribution in [0.2, 0.25) is 0 Å². The van der Waals surface area contributed by atoms with E-state index in [0.29, 0.717) is 12.8 Å². The van der Waals surface area contributed by atoms with E-state index in [2.05, 4.69) is 0 Å². The molecule has 0 saturated carbocycles. The largest absolute Gasteiger partial charge is 0.481 e. The van der Waals surface area contributed by atoms with Crippen molar-refractivity contribution in [3.63, 3.8) is 0 Å². The molecule has 0 spiro atoms. The van der Waals surface area contributed by atoms with Gasteiger partial charge in [0.05, 0.1) is 37.9 Å². The molecule has 0 heterocycles. The standard InChI is InChI=1S/C19H28O9S/c1-16-6-8-17(9-7-16)29(23,24)28-15-13-26-11-10-25-12-14-27-19(22)5-3-2-4-18(20)21/h6-9H,2-5,10-15H2,1H3,(H,20,21). The zero-order valence-electron chi connectivity index (χ0n) is 16.5. The molecule has 0 bridgehead atoms. The van der Waals surface area contributed by atoms with Gasteiger partial charge in [-0.2, -0.15) is 8.42 Å². The maximum Gasteiger partial charge on any atom is 0.305 e. The summed E-state index contributed by atoms with van der Waals surface area (Å²) in [6.07, 6.45) is 1.14. The van der Waals surface area contributed by atoms with E-state index in [-0.39, 0.29) is 63.3 Å². The Kier molecular flexibility index (Phi) is 12.1. The summed E-state index contributed by atoms with van der Waals surface area (Å²) in [5.41, 5.74) is 0.956. The van der Waals surface area contributed by atoms with Crippen LogP contribution in [0.4, 0.5) is 0 Å². The Hall–Kier alpha value is -2.01. The molecule has 1 rings (SSSR count). The van der Waals surface area contributed by atoms with Crippen LogP contribution < -0.4 is 0 Å². The number of esters is 1. The quantitative estimate of drug-likeness (QED) is 0.237. The van der Waals surface area contributed by atoms with Gasteiger partial charge < -0.3 is 19.3 Å². The maximum absolute atomic E-state index is 11.9. The van der Waals surface area contributed by atoms with Gasteiger partial charge in [0.1, 0.15) is 6.61 Å². The molecule has 164 valence electrons. The van der Waals surface area contributed by atoms with Gasteiger partial charge in [-0.05, 0) is 31.9 Å². The van der Waals surface area contributed by atoms with E-state index in [4.69, 9.17) is 23.5 Å². The third-order valence-electron chi connectivity index (χ3n) is 3.66. The lowest BCUT2D eigenvalue weighted by Crippen LogP contribution is -2.15. The maximum atomic E-state index is 11.9. The van der Waals surface area contributed by atoms with Gasteiger partial charge in [0.2, 0.25) is 0 Å². The smallest absolute Gasteiger partial charge is 0.305 e. The molecule has 0 amide bonds. The molecular formula is C19H28O9S. The van der Waals surface area contributed by atoms with Crippen molar-refractivity contribution >= 4 is 22.1 Å². The fourth-order valence-electron chi connectivity index (χ4n) is 2.13. The van der Waals surface area contributed by atoms with Crippen LogP contribution >= 0.6 is 0 Å². The van der Waals surface area contributed by atoms with E-state index in [9.17, 15) is 18.0 Å². The normalized spacial score (nSPS) is 11.3. The van der Waals surface area contributed by atoms with Gasteiger partial charge in [-0.15, -0.1) is 0 Å². The van der Waals surface area contributed by atoms with E-state index in [1.807, 2.05) is 6.92 Å². The summed E-state index contributed by atoms with van der Waals surface area (Å²) < 4.78 is 44.2. The highest BCUT2D eigenvalue weighted by Gasteiger charge is 2.14. The van der Waals surface area contributed by atoms with Crippen LogP contribution in [-0.4, -0.2) is 65.1 Å². The summed E-state index contributed by atoms with van der Waals surface area (Å²) in [7, 11) is -3.79. The molecule has 0 saturated heterocycles. The van der Waals surface area contributed by atoms with Crippen LogP contribution in [0.5, 0.6) is 0 Å². The Labute approximate surface area is 171 Å². The van der Waals surface area contributed by atoms with Crippen molar-refractivity contribution in [2.75, 3.05) is 39.6 Å². The predicted molar refractivity (Wildman–Crippen MR) is 103 cm³/mol. The third-order valence-corrected chi connectivity index (χ3v) is 4.99. The first-order valence-electron chi connectivity index (χ1n) is 9.30. The van der Waals surface area contributed by atoms with Crippen molar-refractivity contribution in [1.82, 2.24) is 0 Å². The fourth-order valence-corrected chi connectivity index (χ4v) is 3.02. The molecule has 1 aromatic carbocycles. The number of rotatable bonds is 16. The number of carboxylic acid groups (broad SMARTS) is 1. The minimum atomic E-state index is -3.79. The first-order chi connectivity index (χ1) is 13.8.